The molecule has 24 heavy (non-hydrogen) atoms. The molecule has 0 unspecified atom stereocenters. The number of nitrogens with zero attached hydrogens (tertiary/aromatic N) is 1. The summed E-state index contributed by atoms with van der Waals surface area (Å²) < 4.78 is 0. The Labute approximate surface area is 148 Å². The van der Waals surface area contributed by atoms with Gasteiger partial charge in [0.15, 0.2) is 0 Å². The van der Waals surface area contributed by atoms with E-state index in [2.05, 4.69) is 5.32 Å². The van der Waals surface area contributed by atoms with Crippen molar-refractivity contribution in [3.05, 3.63) is 11.9 Å². The van der Waals surface area contributed by atoms with Crippen LogP contribution in [0.2, 0.25) is 11.6 Å². The number of rotatable bonds is 5. The van der Waals surface area contributed by atoms with Crippen molar-refractivity contribution in [2.45, 2.75) is 102 Å². The lowest BCUT2D eigenvalue weighted by Gasteiger charge is -2.35. The third kappa shape index (κ3) is 6.88. The molecule has 0 aromatic rings. The van der Waals surface area contributed by atoms with E-state index < -0.39 is 0 Å². The predicted molar refractivity (Wildman–Crippen MR) is 103 cm³/mol. The van der Waals surface area contributed by atoms with Gasteiger partial charge < -0.3 is 10.3 Å². The van der Waals surface area contributed by atoms with Crippen molar-refractivity contribution in [2.24, 2.45) is 5.84 Å². The Morgan fingerprint density at radius 1 is 0.958 bits per heavy atom. The summed E-state index contributed by atoms with van der Waals surface area (Å²) in [5.41, 5.74) is 0.821. The van der Waals surface area contributed by atoms with Crippen molar-refractivity contribution in [2.75, 3.05) is 0 Å². The zero-order valence-corrected chi connectivity index (χ0v) is 15.7. The summed E-state index contributed by atoms with van der Waals surface area (Å²) in [6.07, 6.45) is 17.0. The van der Waals surface area contributed by atoms with Crippen LogP contribution in [0.25, 0.3) is 0 Å². The number of allylic oxidation sites excluding steroid dienone is 1. The first-order valence-electron chi connectivity index (χ1n) is 10.0. The summed E-state index contributed by atoms with van der Waals surface area (Å²) in [5, 5.41) is 4.60. The van der Waals surface area contributed by atoms with Crippen molar-refractivity contribution in [1.29, 1.82) is 0 Å². The third-order valence-electron chi connectivity index (χ3n) is 5.85. The average Bonchev–Trinajstić information content (AvgIpc) is 2.49. The summed E-state index contributed by atoms with van der Waals surface area (Å²) in [4.78, 5) is 11.1. The largest absolute Gasteiger partial charge is 0.329 e. The maximum Gasteiger partial charge on any atom is 0.221 e. The van der Waals surface area contributed by atoms with Crippen LogP contribution < -0.4 is 11.2 Å². The molecule has 4 nitrogen and oxygen atoms in total. The molecule has 0 aromatic carbocycles. The van der Waals surface area contributed by atoms with Crippen molar-refractivity contribution in [3.63, 3.8) is 0 Å². The maximum atomic E-state index is 11.1. The number of carbonyl (C=O) groups is 1. The highest BCUT2D eigenvalue weighted by Gasteiger charge is 2.26. The van der Waals surface area contributed by atoms with Gasteiger partial charge in [0.1, 0.15) is 7.28 Å². The van der Waals surface area contributed by atoms with Gasteiger partial charge in [0.25, 0.3) is 0 Å². The first-order valence-corrected chi connectivity index (χ1v) is 10.0. The van der Waals surface area contributed by atoms with Gasteiger partial charge in [0, 0.05) is 24.9 Å². The number of hydrogen-bond donors (Lipinski definition) is 2. The van der Waals surface area contributed by atoms with Gasteiger partial charge in [-0.1, -0.05) is 69.4 Å². The Morgan fingerprint density at radius 3 is 2.08 bits per heavy atom. The lowest BCUT2D eigenvalue weighted by atomic mass is 9.49. The fourth-order valence-electron chi connectivity index (χ4n) is 4.57. The summed E-state index contributed by atoms with van der Waals surface area (Å²) >= 11 is 0. The van der Waals surface area contributed by atoms with Crippen molar-refractivity contribution >= 4 is 13.2 Å². The molecule has 0 heterocycles. The molecule has 0 bridgehead atoms. The molecule has 0 aromatic heterocycles. The molecule has 0 aliphatic heterocycles. The van der Waals surface area contributed by atoms with Gasteiger partial charge >= 0.3 is 0 Å². The molecule has 0 radical (unpaired) electrons. The maximum absolute atomic E-state index is 11.1. The van der Waals surface area contributed by atoms with E-state index in [1.807, 2.05) is 18.1 Å². The Kier molecular flexibility index (Phi) is 8.17. The summed E-state index contributed by atoms with van der Waals surface area (Å²) in [7, 11) is 1.44. The van der Waals surface area contributed by atoms with E-state index in [0.717, 1.165) is 17.3 Å². The quantitative estimate of drug-likeness (QED) is 0.456. The minimum absolute atomic E-state index is 0.0416. The van der Waals surface area contributed by atoms with Crippen molar-refractivity contribution in [1.82, 2.24) is 10.3 Å². The molecular weight excluding hydrogens is 297 g/mol. The average molecular weight is 333 g/mol. The van der Waals surface area contributed by atoms with Gasteiger partial charge in [-0.25, -0.2) is 5.84 Å². The van der Waals surface area contributed by atoms with E-state index in [0.29, 0.717) is 6.04 Å². The first-order chi connectivity index (χ1) is 11.5. The molecule has 2 saturated carbocycles. The number of amides is 1. The molecule has 1 amide bonds. The van der Waals surface area contributed by atoms with Crippen LogP contribution in [0.15, 0.2) is 11.9 Å². The van der Waals surface area contributed by atoms with Gasteiger partial charge in [-0.15, -0.1) is 0 Å². The molecule has 2 rings (SSSR count). The molecule has 0 saturated heterocycles. The van der Waals surface area contributed by atoms with Crippen LogP contribution in [0.1, 0.15) is 84.5 Å². The van der Waals surface area contributed by atoms with Crippen LogP contribution in [-0.4, -0.2) is 24.2 Å². The lowest BCUT2D eigenvalue weighted by molar-refractivity contribution is -0.118. The predicted octanol–water partition coefficient (Wildman–Crippen LogP) is 3.86. The SMILES string of the molecule is CC(=O)N/C(C)=C/N(N)C1CCC(BC2CCCCCCC2)CC1. The molecule has 136 valence electrons. The molecule has 5 heteroatoms. The van der Waals surface area contributed by atoms with E-state index >= 15 is 0 Å². The highest BCUT2D eigenvalue weighted by molar-refractivity contribution is 6.39. The van der Waals surface area contributed by atoms with E-state index in [1.54, 1.807) is 0 Å². The van der Waals surface area contributed by atoms with Crippen LogP contribution in [0, 0.1) is 0 Å². The molecule has 2 fully saturated rings. The second-order valence-corrected chi connectivity index (χ2v) is 8.06. The van der Waals surface area contributed by atoms with E-state index in [-0.39, 0.29) is 5.91 Å². The standard InChI is InChI=1S/C19H36BN3O/c1-15(22-16(2)24)14-23(21)19-12-10-18(11-13-19)20-17-8-6-4-3-5-7-9-17/h14,17-20H,3-13,21H2,1-2H3,(H,22,24)/b15-14+. The Hall–Kier alpha value is -0.965. The molecule has 2 aliphatic rings. The second kappa shape index (κ2) is 10.1. The van der Waals surface area contributed by atoms with Crippen LogP contribution in [-0.2, 0) is 4.79 Å². The van der Waals surface area contributed by atoms with Crippen molar-refractivity contribution < 1.29 is 4.79 Å². The fourth-order valence-corrected chi connectivity index (χ4v) is 4.57. The van der Waals surface area contributed by atoms with E-state index in [9.17, 15) is 4.79 Å². The zero-order chi connectivity index (χ0) is 17.4. The zero-order valence-electron chi connectivity index (χ0n) is 15.7. The fraction of sp³-hybridized carbons (Fsp3) is 0.842. The minimum atomic E-state index is -0.0416. The minimum Gasteiger partial charge on any atom is -0.329 e. The van der Waals surface area contributed by atoms with Crippen LogP contribution >= 0.6 is 0 Å². The summed E-state index contributed by atoms with van der Waals surface area (Å²) in [6.45, 7) is 3.42. The first kappa shape index (κ1) is 19.4. The van der Waals surface area contributed by atoms with Gasteiger partial charge in [-0.2, -0.15) is 0 Å². The van der Waals surface area contributed by atoms with Crippen LogP contribution in [0.4, 0.5) is 0 Å². The lowest BCUT2D eigenvalue weighted by Crippen LogP contribution is -2.40. The normalized spacial score (nSPS) is 27.0. The van der Waals surface area contributed by atoms with E-state index in [1.165, 1.54) is 84.8 Å². The van der Waals surface area contributed by atoms with Crippen LogP contribution in [0.5, 0.6) is 0 Å². The molecule has 0 spiro atoms. The number of hydrogen-bond acceptors (Lipinski definition) is 3. The number of hydrazine groups is 1. The smallest absolute Gasteiger partial charge is 0.221 e. The number of nitrogens with two attached hydrogens (primary N) is 1. The second-order valence-electron chi connectivity index (χ2n) is 8.06. The molecule has 2 aliphatic carbocycles. The highest BCUT2D eigenvalue weighted by Crippen LogP contribution is 2.36. The van der Waals surface area contributed by atoms with Gasteiger partial charge in [0.05, 0.1) is 0 Å². The number of carbonyl (C=O) groups excluding carboxylic acids is 1. The number of nitrogens with one attached hydrogen (secondary N) is 1. The van der Waals surface area contributed by atoms with Gasteiger partial charge in [-0.3, -0.25) is 4.79 Å². The highest BCUT2D eigenvalue weighted by atomic mass is 16.1. The molecular formula is C19H36BN3O. The van der Waals surface area contributed by atoms with Crippen LogP contribution in [0.3, 0.4) is 0 Å². The van der Waals surface area contributed by atoms with Gasteiger partial charge in [0.2, 0.25) is 5.91 Å². The van der Waals surface area contributed by atoms with Gasteiger partial charge in [-0.05, 0) is 19.8 Å². The topological polar surface area (TPSA) is 58.4 Å². The Bertz CT molecular complexity index is 411. The van der Waals surface area contributed by atoms with Crippen molar-refractivity contribution in [3.8, 4) is 0 Å². The van der Waals surface area contributed by atoms with E-state index in [4.69, 9.17) is 5.84 Å². The summed E-state index contributed by atoms with van der Waals surface area (Å²) in [5.74, 6) is 8.03. The molecule has 0 atom stereocenters. The monoisotopic (exact) mass is 333 g/mol. The molecule has 3 N–H and O–H groups in total. The Morgan fingerprint density at radius 2 is 1.50 bits per heavy atom. The third-order valence-corrected chi connectivity index (χ3v) is 5.85. The Balaban J connectivity index is 1.73. The summed E-state index contributed by atoms with van der Waals surface area (Å²) in [6, 6.07) is 0.419.